The molecule has 0 aromatic heterocycles. The Morgan fingerprint density at radius 1 is 0.964 bits per heavy atom. The average Bonchev–Trinajstić information content (AvgIpc) is 2.69. The van der Waals surface area contributed by atoms with Gasteiger partial charge in [0.25, 0.3) is 0 Å². The van der Waals surface area contributed by atoms with Crippen molar-refractivity contribution < 1.29 is 14.3 Å². The van der Waals surface area contributed by atoms with Crippen LogP contribution in [0.2, 0.25) is 10.0 Å². The highest BCUT2D eigenvalue weighted by molar-refractivity contribution is 6.36. The summed E-state index contributed by atoms with van der Waals surface area (Å²) >= 11 is 12.4. The van der Waals surface area contributed by atoms with Crippen LogP contribution in [0.25, 0.3) is 10.8 Å². The highest BCUT2D eigenvalue weighted by atomic mass is 35.5. The summed E-state index contributed by atoms with van der Waals surface area (Å²) in [5.41, 5.74) is 1.45. The zero-order valence-electron chi connectivity index (χ0n) is 15.2. The van der Waals surface area contributed by atoms with Crippen molar-refractivity contribution in [3.63, 3.8) is 0 Å². The molecule has 0 aliphatic heterocycles. The fourth-order valence-corrected chi connectivity index (χ4v) is 3.60. The number of carbonyl (C=O) groups is 2. The number of hydrogen-bond donors (Lipinski definition) is 1. The van der Waals surface area contributed by atoms with Crippen LogP contribution in [0.3, 0.4) is 0 Å². The molecule has 0 saturated carbocycles. The van der Waals surface area contributed by atoms with Gasteiger partial charge in [0.05, 0.1) is 13.5 Å². The summed E-state index contributed by atoms with van der Waals surface area (Å²) in [4.78, 5) is 24.7. The second-order valence-electron chi connectivity index (χ2n) is 6.41. The van der Waals surface area contributed by atoms with E-state index in [4.69, 9.17) is 27.9 Å². The van der Waals surface area contributed by atoms with Gasteiger partial charge in [0.1, 0.15) is 6.04 Å². The van der Waals surface area contributed by atoms with Crippen molar-refractivity contribution in [3.8, 4) is 0 Å². The Morgan fingerprint density at radius 2 is 1.64 bits per heavy atom. The Balaban J connectivity index is 1.74. The molecule has 1 atom stereocenters. The molecule has 0 saturated heterocycles. The molecular formula is C22H19Cl2NO3. The quantitative estimate of drug-likeness (QED) is 0.598. The SMILES string of the molecule is COC(=O)[C@@H](Cc1c(Cl)cccc1Cl)NC(=O)Cc1ccc2ccccc2c1. The van der Waals surface area contributed by atoms with E-state index in [1.165, 1.54) is 7.11 Å². The van der Waals surface area contributed by atoms with E-state index in [2.05, 4.69) is 5.32 Å². The van der Waals surface area contributed by atoms with Crippen LogP contribution < -0.4 is 5.32 Å². The van der Waals surface area contributed by atoms with Crippen LogP contribution in [-0.4, -0.2) is 25.0 Å². The first-order chi connectivity index (χ1) is 13.5. The van der Waals surface area contributed by atoms with Crippen molar-refractivity contribution in [1.29, 1.82) is 0 Å². The van der Waals surface area contributed by atoms with Crippen LogP contribution in [-0.2, 0) is 27.2 Å². The maximum Gasteiger partial charge on any atom is 0.328 e. The average molecular weight is 416 g/mol. The molecule has 0 unspecified atom stereocenters. The standard InChI is InChI=1S/C22H19Cl2NO3/c1-28-22(27)20(13-17-18(23)7-4-8-19(17)24)25-21(26)12-14-9-10-15-5-2-3-6-16(15)11-14/h2-11,20H,12-13H2,1H3,(H,25,26)/t20-/m1/s1. The number of carbonyl (C=O) groups excluding carboxylic acids is 2. The van der Waals surface area contributed by atoms with Crippen molar-refractivity contribution >= 4 is 45.9 Å². The molecule has 3 aromatic carbocycles. The van der Waals surface area contributed by atoms with E-state index in [0.717, 1.165) is 16.3 Å². The third kappa shape index (κ3) is 4.83. The molecule has 1 N–H and O–H groups in total. The van der Waals surface area contributed by atoms with Gasteiger partial charge < -0.3 is 10.1 Å². The van der Waals surface area contributed by atoms with Gasteiger partial charge in [-0.2, -0.15) is 0 Å². The maximum atomic E-state index is 12.6. The van der Waals surface area contributed by atoms with E-state index in [9.17, 15) is 9.59 Å². The lowest BCUT2D eigenvalue weighted by Gasteiger charge is -2.18. The van der Waals surface area contributed by atoms with Crippen LogP contribution in [0.4, 0.5) is 0 Å². The molecule has 0 heterocycles. The summed E-state index contributed by atoms with van der Waals surface area (Å²) in [7, 11) is 1.28. The minimum absolute atomic E-state index is 0.147. The smallest absolute Gasteiger partial charge is 0.328 e. The highest BCUT2D eigenvalue weighted by Crippen LogP contribution is 2.26. The molecule has 28 heavy (non-hydrogen) atoms. The number of fused-ring (bicyclic) bond motifs is 1. The number of methoxy groups -OCH3 is 1. The Labute approximate surface area is 173 Å². The van der Waals surface area contributed by atoms with Crippen LogP contribution in [0.5, 0.6) is 0 Å². The number of ether oxygens (including phenoxy) is 1. The van der Waals surface area contributed by atoms with E-state index >= 15 is 0 Å². The predicted octanol–water partition coefficient (Wildman–Crippen LogP) is 4.59. The first-order valence-corrected chi connectivity index (χ1v) is 9.51. The van der Waals surface area contributed by atoms with Gasteiger partial charge in [-0.3, -0.25) is 4.79 Å². The van der Waals surface area contributed by atoms with Gasteiger partial charge in [-0.15, -0.1) is 0 Å². The van der Waals surface area contributed by atoms with Crippen molar-refractivity contribution in [2.24, 2.45) is 0 Å². The second kappa shape index (κ2) is 9.09. The summed E-state index contributed by atoms with van der Waals surface area (Å²) in [6, 6.07) is 18.0. The molecule has 3 aromatic rings. The second-order valence-corrected chi connectivity index (χ2v) is 7.22. The van der Waals surface area contributed by atoms with E-state index in [1.807, 2.05) is 42.5 Å². The lowest BCUT2D eigenvalue weighted by Crippen LogP contribution is -2.43. The molecule has 0 aliphatic carbocycles. The Hall–Kier alpha value is -2.56. The summed E-state index contributed by atoms with van der Waals surface area (Å²) in [6.07, 6.45) is 0.295. The minimum atomic E-state index is -0.879. The number of benzene rings is 3. The predicted molar refractivity (Wildman–Crippen MR) is 112 cm³/mol. The molecule has 3 rings (SSSR count). The third-order valence-corrected chi connectivity index (χ3v) is 5.18. The fourth-order valence-electron chi connectivity index (χ4n) is 3.05. The van der Waals surface area contributed by atoms with Crippen molar-refractivity contribution in [3.05, 3.63) is 81.8 Å². The summed E-state index contributed by atoms with van der Waals surface area (Å²) in [6.45, 7) is 0. The third-order valence-electron chi connectivity index (χ3n) is 4.47. The number of halogens is 2. The molecule has 0 aliphatic rings. The number of nitrogens with one attached hydrogen (secondary N) is 1. The van der Waals surface area contributed by atoms with Gasteiger partial charge in [-0.25, -0.2) is 4.79 Å². The fraction of sp³-hybridized carbons (Fsp3) is 0.182. The van der Waals surface area contributed by atoms with Gasteiger partial charge in [0.15, 0.2) is 0 Å². The van der Waals surface area contributed by atoms with Gasteiger partial charge in [-0.05, 0) is 34.0 Å². The molecule has 4 nitrogen and oxygen atoms in total. The molecule has 0 radical (unpaired) electrons. The topological polar surface area (TPSA) is 55.4 Å². The molecule has 1 amide bonds. The van der Waals surface area contributed by atoms with Gasteiger partial charge in [0.2, 0.25) is 5.91 Å². The van der Waals surface area contributed by atoms with E-state index in [-0.39, 0.29) is 18.7 Å². The molecule has 6 heteroatoms. The number of esters is 1. The number of amides is 1. The van der Waals surface area contributed by atoms with Crippen molar-refractivity contribution in [1.82, 2.24) is 5.32 Å². The maximum absolute atomic E-state index is 12.6. The van der Waals surface area contributed by atoms with Crippen LogP contribution >= 0.6 is 23.2 Å². The minimum Gasteiger partial charge on any atom is -0.467 e. The van der Waals surface area contributed by atoms with E-state index < -0.39 is 12.0 Å². The largest absolute Gasteiger partial charge is 0.467 e. The Kier molecular flexibility index (Phi) is 6.55. The first-order valence-electron chi connectivity index (χ1n) is 8.75. The lowest BCUT2D eigenvalue weighted by atomic mass is 10.0. The first kappa shape index (κ1) is 20.2. The van der Waals surface area contributed by atoms with E-state index in [0.29, 0.717) is 15.6 Å². The molecule has 0 fully saturated rings. The van der Waals surface area contributed by atoms with Crippen molar-refractivity contribution in [2.75, 3.05) is 7.11 Å². The van der Waals surface area contributed by atoms with Crippen LogP contribution in [0.1, 0.15) is 11.1 Å². The summed E-state index contributed by atoms with van der Waals surface area (Å²) in [5, 5.41) is 5.77. The van der Waals surface area contributed by atoms with Gasteiger partial charge in [0, 0.05) is 16.5 Å². The summed E-state index contributed by atoms with van der Waals surface area (Å²) < 4.78 is 4.83. The van der Waals surface area contributed by atoms with Gasteiger partial charge >= 0.3 is 5.97 Å². The van der Waals surface area contributed by atoms with Gasteiger partial charge in [-0.1, -0.05) is 71.7 Å². The van der Waals surface area contributed by atoms with E-state index in [1.54, 1.807) is 18.2 Å². The molecular weight excluding hydrogens is 397 g/mol. The zero-order valence-corrected chi connectivity index (χ0v) is 16.8. The van der Waals surface area contributed by atoms with Crippen molar-refractivity contribution in [2.45, 2.75) is 18.9 Å². The normalized spacial score (nSPS) is 11.8. The highest BCUT2D eigenvalue weighted by Gasteiger charge is 2.24. The number of hydrogen-bond acceptors (Lipinski definition) is 3. The Morgan fingerprint density at radius 3 is 2.32 bits per heavy atom. The molecule has 144 valence electrons. The monoisotopic (exact) mass is 415 g/mol. The lowest BCUT2D eigenvalue weighted by molar-refractivity contribution is -0.145. The summed E-state index contributed by atoms with van der Waals surface area (Å²) in [5.74, 6) is -0.836. The molecule has 0 spiro atoms. The number of rotatable bonds is 6. The van der Waals surface area contributed by atoms with Crippen LogP contribution in [0, 0.1) is 0 Å². The zero-order chi connectivity index (χ0) is 20.1. The Bertz CT molecular complexity index is 999. The molecule has 0 bridgehead atoms. The van der Waals surface area contributed by atoms with Crippen LogP contribution in [0.15, 0.2) is 60.7 Å².